The Bertz CT molecular complexity index is 1120. The molecule has 0 amide bonds. The largest absolute Gasteiger partial charge is 0.366 e. The SMILES string of the molecule is O=c1[nH]c(NCc2ccccc2)c(-c2ccccc2F)n1CCCn1ccnc1. The van der Waals surface area contributed by atoms with E-state index in [1.807, 2.05) is 41.1 Å². The van der Waals surface area contributed by atoms with Crippen molar-refractivity contribution in [3.05, 3.63) is 95.2 Å². The maximum Gasteiger partial charge on any atom is 0.327 e. The lowest BCUT2D eigenvalue weighted by Gasteiger charge is -2.12. The van der Waals surface area contributed by atoms with Gasteiger partial charge in [0.25, 0.3) is 0 Å². The summed E-state index contributed by atoms with van der Waals surface area (Å²) in [5, 5.41) is 3.26. The molecule has 6 nitrogen and oxygen atoms in total. The predicted octanol–water partition coefficient (Wildman–Crippen LogP) is 3.88. The van der Waals surface area contributed by atoms with Crippen LogP contribution in [0.5, 0.6) is 0 Å². The van der Waals surface area contributed by atoms with E-state index < -0.39 is 0 Å². The Hall–Kier alpha value is -3.61. The molecule has 0 unspecified atom stereocenters. The number of anilines is 1. The van der Waals surface area contributed by atoms with Crippen LogP contribution in [0.2, 0.25) is 0 Å². The van der Waals surface area contributed by atoms with E-state index in [2.05, 4.69) is 15.3 Å². The van der Waals surface area contributed by atoms with Gasteiger partial charge in [-0.3, -0.25) is 9.55 Å². The van der Waals surface area contributed by atoms with Crippen LogP contribution in [0.15, 0.2) is 78.1 Å². The molecule has 0 atom stereocenters. The molecular weight excluding hydrogens is 369 g/mol. The third kappa shape index (κ3) is 4.29. The molecule has 0 fully saturated rings. The number of aromatic nitrogens is 4. The Kier molecular flexibility index (Phi) is 5.56. The molecule has 7 heteroatoms. The van der Waals surface area contributed by atoms with Gasteiger partial charge in [-0.15, -0.1) is 0 Å². The molecule has 2 aromatic heterocycles. The van der Waals surface area contributed by atoms with Gasteiger partial charge in [0.15, 0.2) is 0 Å². The van der Waals surface area contributed by atoms with Crippen LogP contribution in [-0.4, -0.2) is 19.1 Å². The quantitative estimate of drug-likeness (QED) is 0.479. The molecule has 4 rings (SSSR count). The van der Waals surface area contributed by atoms with E-state index in [4.69, 9.17) is 0 Å². The molecule has 0 aliphatic rings. The van der Waals surface area contributed by atoms with Crippen LogP contribution < -0.4 is 11.0 Å². The number of imidazole rings is 2. The number of halogens is 1. The lowest BCUT2D eigenvalue weighted by Crippen LogP contribution is -2.19. The molecule has 0 spiro atoms. The highest BCUT2D eigenvalue weighted by atomic mass is 19.1. The topological polar surface area (TPSA) is 67.6 Å². The van der Waals surface area contributed by atoms with Gasteiger partial charge in [-0.05, 0) is 24.1 Å². The summed E-state index contributed by atoms with van der Waals surface area (Å²) in [7, 11) is 0. The van der Waals surface area contributed by atoms with Crippen LogP contribution in [0.25, 0.3) is 11.3 Å². The third-order valence-corrected chi connectivity index (χ3v) is 4.78. The van der Waals surface area contributed by atoms with Gasteiger partial charge in [-0.25, -0.2) is 14.2 Å². The number of nitrogens with one attached hydrogen (secondary N) is 2. The molecule has 2 aromatic carbocycles. The van der Waals surface area contributed by atoms with Crippen molar-refractivity contribution in [3.8, 4) is 11.3 Å². The maximum absolute atomic E-state index is 14.6. The second-order valence-corrected chi connectivity index (χ2v) is 6.78. The molecule has 0 aliphatic carbocycles. The Morgan fingerprint density at radius 1 is 1.03 bits per heavy atom. The zero-order valence-corrected chi connectivity index (χ0v) is 15.9. The Balaban J connectivity index is 1.63. The third-order valence-electron chi connectivity index (χ3n) is 4.78. The van der Waals surface area contributed by atoms with Crippen LogP contribution in [0.3, 0.4) is 0 Å². The van der Waals surface area contributed by atoms with Crippen LogP contribution in [0.4, 0.5) is 10.2 Å². The molecule has 0 bridgehead atoms. The van der Waals surface area contributed by atoms with Crippen molar-refractivity contribution in [2.45, 2.75) is 26.1 Å². The van der Waals surface area contributed by atoms with Gasteiger partial charge < -0.3 is 9.88 Å². The van der Waals surface area contributed by atoms with Crippen LogP contribution in [0.1, 0.15) is 12.0 Å². The second kappa shape index (κ2) is 8.60. The lowest BCUT2D eigenvalue weighted by atomic mass is 10.1. The molecule has 0 saturated carbocycles. The summed E-state index contributed by atoms with van der Waals surface area (Å²) >= 11 is 0. The van der Waals surface area contributed by atoms with Gasteiger partial charge in [0, 0.05) is 37.6 Å². The number of H-pyrrole nitrogens is 1. The predicted molar refractivity (Wildman–Crippen MR) is 111 cm³/mol. The Labute approximate surface area is 167 Å². The molecule has 0 aliphatic heterocycles. The van der Waals surface area contributed by atoms with E-state index in [0.717, 1.165) is 12.1 Å². The molecule has 2 heterocycles. The van der Waals surface area contributed by atoms with E-state index >= 15 is 0 Å². The minimum absolute atomic E-state index is 0.260. The normalized spacial score (nSPS) is 10.9. The van der Waals surface area contributed by atoms with Crippen molar-refractivity contribution in [3.63, 3.8) is 0 Å². The number of aryl methyl sites for hydroxylation is 1. The molecule has 0 saturated heterocycles. The highest BCUT2D eigenvalue weighted by molar-refractivity contribution is 5.72. The van der Waals surface area contributed by atoms with Crippen molar-refractivity contribution < 1.29 is 4.39 Å². The summed E-state index contributed by atoms with van der Waals surface area (Å²) < 4.78 is 18.1. The smallest absolute Gasteiger partial charge is 0.327 e. The first-order valence-electron chi connectivity index (χ1n) is 9.53. The Morgan fingerprint density at radius 3 is 2.59 bits per heavy atom. The number of rotatable bonds is 8. The summed E-state index contributed by atoms with van der Waals surface area (Å²) in [6.07, 6.45) is 6.06. The average molecular weight is 391 g/mol. The first-order valence-corrected chi connectivity index (χ1v) is 9.53. The van der Waals surface area contributed by atoms with Gasteiger partial charge in [-0.2, -0.15) is 0 Å². The first kappa shape index (κ1) is 18.7. The average Bonchev–Trinajstić information content (AvgIpc) is 3.36. The number of nitrogens with zero attached hydrogens (tertiary/aromatic N) is 3. The monoisotopic (exact) mass is 391 g/mol. The number of hydrogen-bond acceptors (Lipinski definition) is 3. The van der Waals surface area contributed by atoms with Crippen molar-refractivity contribution in [2.24, 2.45) is 0 Å². The molecule has 2 N–H and O–H groups in total. The summed E-state index contributed by atoms with van der Waals surface area (Å²) in [5.74, 6) is 0.157. The van der Waals surface area contributed by atoms with Crippen molar-refractivity contribution in [1.29, 1.82) is 0 Å². The Morgan fingerprint density at radius 2 is 1.83 bits per heavy atom. The zero-order chi connectivity index (χ0) is 20.1. The number of hydrogen-bond donors (Lipinski definition) is 2. The summed E-state index contributed by atoms with van der Waals surface area (Å²) in [5.41, 5.74) is 1.74. The van der Waals surface area contributed by atoms with E-state index in [1.165, 1.54) is 6.07 Å². The standard InChI is InChI=1S/C22H22FN5O/c23-19-10-5-4-9-18(19)20-21(25-15-17-7-2-1-3-8-17)26-22(29)28(20)13-6-12-27-14-11-24-16-27/h1-5,7-11,14,16,25H,6,12-13,15H2,(H,26,29). The van der Waals surface area contributed by atoms with Crippen LogP contribution in [0, 0.1) is 5.82 Å². The fourth-order valence-electron chi connectivity index (χ4n) is 3.36. The molecule has 148 valence electrons. The zero-order valence-electron chi connectivity index (χ0n) is 15.9. The van der Waals surface area contributed by atoms with Crippen LogP contribution in [-0.2, 0) is 19.6 Å². The molecule has 29 heavy (non-hydrogen) atoms. The number of benzene rings is 2. The van der Waals surface area contributed by atoms with Gasteiger partial charge in [0.2, 0.25) is 0 Å². The minimum atomic E-state index is -0.363. The van der Waals surface area contributed by atoms with Crippen molar-refractivity contribution in [2.75, 3.05) is 5.32 Å². The lowest BCUT2D eigenvalue weighted by molar-refractivity contribution is 0.555. The fourth-order valence-corrected chi connectivity index (χ4v) is 3.36. The van der Waals surface area contributed by atoms with E-state index in [1.54, 1.807) is 35.3 Å². The molecular formula is C22H22FN5O. The number of aromatic amines is 1. The van der Waals surface area contributed by atoms with Gasteiger partial charge >= 0.3 is 5.69 Å². The second-order valence-electron chi connectivity index (χ2n) is 6.78. The fraction of sp³-hybridized carbons (Fsp3) is 0.182. The van der Waals surface area contributed by atoms with E-state index in [0.29, 0.717) is 36.6 Å². The van der Waals surface area contributed by atoms with Crippen LogP contribution >= 0.6 is 0 Å². The maximum atomic E-state index is 14.6. The summed E-state index contributed by atoms with van der Waals surface area (Å²) in [6, 6.07) is 16.4. The molecule has 4 aromatic rings. The first-order chi connectivity index (χ1) is 14.2. The molecule has 0 radical (unpaired) electrons. The van der Waals surface area contributed by atoms with E-state index in [-0.39, 0.29) is 11.5 Å². The van der Waals surface area contributed by atoms with Gasteiger partial charge in [0.1, 0.15) is 11.6 Å². The van der Waals surface area contributed by atoms with Crippen molar-refractivity contribution >= 4 is 5.82 Å². The van der Waals surface area contributed by atoms with Crippen molar-refractivity contribution in [1.82, 2.24) is 19.1 Å². The van der Waals surface area contributed by atoms with Gasteiger partial charge in [-0.1, -0.05) is 42.5 Å². The minimum Gasteiger partial charge on any atom is -0.366 e. The highest BCUT2D eigenvalue weighted by Gasteiger charge is 2.18. The summed E-state index contributed by atoms with van der Waals surface area (Å²) in [4.78, 5) is 19.6. The van der Waals surface area contributed by atoms with E-state index in [9.17, 15) is 9.18 Å². The van der Waals surface area contributed by atoms with Gasteiger partial charge in [0.05, 0.1) is 12.0 Å². The highest BCUT2D eigenvalue weighted by Crippen LogP contribution is 2.28. The summed E-state index contributed by atoms with van der Waals surface area (Å²) in [6.45, 7) is 1.71.